The highest BCUT2D eigenvalue weighted by atomic mass is 16.2. The van der Waals surface area contributed by atoms with E-state index in [0.29, 0.717) is 5.69 Å². The minimum atomic E-state index is -1.19. The zero-order valence-electron chi connectivity index (χ0n) is 16.7. The standard InChI is InChI=1S/C23H22N4O3/c1-23(18-8-7-16-3-2-4-17(16)13-18)21(29)27(22(30)26-23)14-20(28)25-19-9-5-15(6-10-19)11-12-24/h5-10,13H,2-4,11,14H2,1H3,(H,25,28)(H,26,30). The summed E-state index contributed by atoms with van der Waals surface area (Å²) in [6.45, 7) is 1.31. The predicted octanol–water partition coefficient (Wildman–Crippen LogP) is 2.65. The number of benzene rings is 2. The summed E-state index contributed by atoms with van der Waals surface area (Å²) in [6, 6.07) is 14.2. The first-order chi connectivity index (χ1) is 14.4. The van der Waals surface area contributed by atoms with Gasteiger partial charge in [0.1, 0.15) is 12.1 Å². The summed E-state index contributed by atoms with van der Waals surface area (Å²) < 4.78 is 0. The van der Waals surface area contributed by atoms with Crippen molar-refractivity contribution in [2.75, 3.05) is 11.9 Å². The van der Waals surface area contributed by atoms with Crippen molar-refractivity contribution in [2.45, 2.75) is 38.1 Å². The van der Waals surface area contributed by atoms with Gasteiger partial charge in [0, 0.05) is 5.69 Å². The molecule has 2 aromatic rings. The van der Waals surface area contributed by atoms with Crippen molar-refractivity contribution in [1.29, 1.82) is 5.26 Å². The number of amides is 4. The largest absolute Gasteiger partial charge is 0.325 e. The van der Waals surface area contributed by atoms with E-state index in [1.54, 1.807) is 31.2 Å². The fourth-order valence-corrected chi connectivity index (χ4v) is 4.06. The van der Waals surface area contributed by atoms with E-state index < -0.39 is 23.4 Å². The molecule has 1 heterocycles. The zero-order chi connectivity index (χ0) is 21.3. The highest BCUT2D eigenvalue weighted by Crippen LogP contribution is 2.32. The van der Waals surface area contributed by atoms with Crippen LogP contribution in [0.4, 0.5) is 10.5 Å². The van der Waals surface area contributed by atoms with Crippen molar-refractivity contribution in [1.82, 2.24) is 10.2 Å². The Morgan fingerprint density at radius 3 is 2.63 bits per heavy atom. The number of hydrogen-bond donors (Lipinski definition) is 2. The molecular weight excluding hydrogens is 380 g/mol. The molecule has 1 unspecified atom stereocenters. The highest BCUT2D eigenvalue weighted by molar-refractivity contribution is 6.10. The minimum absolute atomic E-state index is 0.290. The summed E-state index contributed by atoms with van der Waals surface area (Å²) in [6.07, 6.45) is 3.40. The fraction of sp³-hybridized carbons (Fsp3) is 0.304. The van der Waals surface area contributed by atoms with E-state index in [9.17, 15) is 14.4 Å². The highest BCUT2D eigenvalue weighted by Gasteiger charge is 2.49. The smallest absolute Gasteiger partial charge is 0.325 e. The van der Waals surface area contributed by atoms with Crippen molar-refractivity contribution < 1.29 is 14.4 Å². The molecule has 0 aromatic heterocycles. The van der Waals surface area contributed by atoms with Gasteiger partial charge in [-0.3, -0.25) is 14.5 Å². The zero-order valence-corrected chi connectivity index (χ0v) is 16.7. The van der Waals surface area contributed by atoms with E-state index in [2.05, 4.69) is 16.7 Å². The molecule has 1 saturated heterocycles. The molecule has 1 fully saturated rings. The maximum Gasteiger partial charge on any atom is 0.325 e. The Labute approximate surface area is 174 Å². The molecule has 4 amide bonds. The van der Waals surface area contributed by atoms with Gasteiger partial charge < -0.3 is 10.6 Å². The summed E-state index contributed by atoms with van der Waals surface area (Å²) in [5.41, 5.74) is 3.43. The maximum absolute atomic E-state index is 13.1. The van der Waals surface area contributed by atoms with Crippen LogP contribution in [-0.2, 0) is 34.4 Å². The number of nitrogens with one attached hydrogen (secondary N) is 2. The van der Waals surface area contributed by atoms with E-state index in [1.807, 2.05) is 18.2 Å². The first-order valence-electron chi connectivity index (χ1n) is 9.93. The number of carbonyl (C=O) groups is 3. The number of urea groups is 1. The average Bonchev–Trinajstić information content (AvgIpc) is 3.28. The molecule has 152 valence electrons. The molecule has 0 radical (unpaired) electrons. The molecule has 0 spiro atoms. The Morgan fingerprint density at radius 1 is 1.17 bits per heavy atom. The number of imide groups is 1. The van der Waals surface area contributed by atoms with Crippen LogP contribution in [0.2, 0.25) is 0 Å². The topological polar surface area (TPSA) is 102 Å². The number of anilines is 1. The van der Waals surface area contributed by atoms with Crippen LogP contribution in [-0.4, -0.2) is 29.3 Å². The lowest BCUT2D eigenvalue weighted by Gasteiger charge is -2.23. The lowest BCUT2D eigenvalue weighted by Crippen LogP contribution is -2.42. The third-order valence-corrected chi connectivity index (χ3v) is 5.77. The van der Waals surface area contributed by atoms with Gasteiger partial charge >= 0.3 is 6.03 Å². The van der Waals surface area contributed by atoms with Gasteiger partial charge in [0.05, 0.1) is 12.5 Å². The maximum atomic E-state index is 13.1. The summed E-state index contributed by atoms with van der Waals surface area (Å²) in [5, 5.41) is 14.2. The van der Waals surface area contributed by atoms with Crippen molar-refractivity contribution >= 4 is 23.5 Å². The molecule has 4 rings (SSSR count). The molecule has 2 aliphatic rings. The molecule has 2 N–H and O–H groups in total. The van der Waals surface area contributed by atoms with Gasteiger partial charge in [-0.05, 0) is 60.6 Å². The lowest BCUT2D eigenvalue weighted by molar-refractivity contribution is -0.133. The average molecular weight is 402 g/mol. The number of nitrogens with zero attached hydrogens (tertiary/aromatic N) is 2. The van der Waals surface area contributed by atoms with E-state index in [-0.39, 0.29) is 13.0 Å². The van der Waals surface area contributed by atoms with Gasteiger partial charge in [-0.1, -0.05) is 30.3 Å². The quantitative estimate of drug-likeness (QED) is 0.751. The number of aryl methyl sites for hydroxylation is 2. The van der Waals surface area contributed by atoms with Crippen LogP contribution >= 0.6 is 0 Å². The minimum Gasteiger partial charge on any atom is -0.325 e. The van der Waals surface area contributed by atoms with Gasteiger partial charge in [-0.15, -0.1) is 0 Å². The molecule has 2 aromatic carbocycles. The molecule has 7 heteroatoms. The summed E-state index contributed by atoms with van der Waals surface area (Å²) >= 11 is 0. The summed E-state index contributed by atoms with van der Waals surface area (Å²) in [4.78, 5) is 39.0. The van der Waals surface area contributed by atoms with Crippen LogP contribution in [0.25, 0.3) is 0 Å². The van der Waals surface area contributed by atoms with Crippen LogP contribution in [0.3, 0.4) is 0 Å². The van der Waals surface area contributed by atoms with Crippen molar-refractivity contribution in [2.24, 2.45) is 0 Å². The monoisotopic (exact) mass is 402 g/mol. The van der Waals surface area contributed by atoms with Crippen molar-refractivity contribution in [3.05, 3.63) is 64.7 Å². The molecule has 1 aliphatic carbocycles. The fourth-order valence-electron chi connectivity index (χ4n) is 4.06. The van der Waals surface area contributed by atoms with Crippen LogP contribution in [0.5, 0.6) is 0 Å². The van der Waals surface area contributed by atoms with E-state index in [4.69, 9.17) is 5.26 Å². The van der Waals surface area contributed by atoms with Crippen molar-refractivity contribution in [3.8, 4) is 6.07 Å². The first-order valence-corrected chi connectivity index (χ1v) is 9.93. The van der Waals surface area contributed by atoms with E-state index >= 15 is 0 Å². The summed E-state index contributed by atoms with van der Waals surface area (Å²) in [7, 11) is 0. The number of carbonyl (C=O) groups excluding carboxylic acids is 3. The molecule has 0 saturated carbocycles. The normalized spacial score (nSPS) is 19.9. The summed E-state index contributed by atoms with van der Waals surface area (Å²) in [5.74, 6) is -0.908. The van der Waals surface area contributed by atoms with Crippen molar-refractivity contribution in [3.63, 3.8) is 0 Å². The number of nitriles is 1. The van der Waals surface area contributed by atoms with Gasteiger partial charge in [0.25, 0.3) is 5.91 Å². The van der Waals surface area contributed by atoms with Crippen LogP contribution in [0.1, 0.15) is 35.6 Å². The van der Waals surface area contributed by atoms with Gasteiger partial charge in [-0.2, -0.15) is 5.26 Å². The Hall–Kier alpha value is -3.66. The molecule has 30 heavy (non-hydrogen) atoms. The Kier molecular flexibility index (Phi) is 5.00. The molecule has 1 atom stereocenters. The van der Waals surface area contributed by atoms with E-state index in [0.717, 1.165) is 35.3 Å². The van der Waals surface area contributed by atoms with Crippen LogP contribution in [0, 0.1) is 11.3 Å². The van der Waals surface area contributed by atoms with Gasteiger partial charge in [0.2, 0.25) is 5.91 Å². The predicted molar refractivity (Wildman–Crippen MR) is 110 cm³/mol. The van der Waals surface area contributed by atoms with Crippen LogP contribution < -0.4 is 10.6 Å². The molecule has 1 aliphatic heterocycles. The first kappa shape index (κ1) is 19.6. The number of fused-ring (bicyclic) bond motifs is 1. The van der Waals surface area contributed by atoms with Gasteiger partial charge in [-0.25, -0.2) is 4.79 Å². The van der Waals surface area contributed by atoms with E-state index in [1.165, 1.54) is 11.1 Å². The van der Waals surface area contributed by atoms with Gasteiger partial charge in [0.15, 0.2) is 0 Å². The number of rotatable bonds is 5. The SMILES string of the molecule is CC1(c2ccc3c(c2)CCC3)NC(=O)N(CC(=O)Nc2ccc(CC#N)cc2)C1=O. The number of hydrogen-bond acceptors (Lipinski definition) is 4. The Morgan fingerprint density at radius 2 is 1.90 bits per heavy atom. The van der Waals surface area contributed by atoms with Crippen LogP contribution in [0.15, 0.2) is 42.5 Å². The Balaban J connectivity index is 1.46. The lowest BCUT2D eigenvalue weighted by atomic mass is 9.89. The second kappa shape index (κ2) is 7.64. The second-order valence-electron chi connectivity index (χ2n) is 7.86. The Bertz CT molecular complexity index is 1070. The molecular formula is C23H22N4O3. The molecule has 7 nitrogen and oxygen atoms in total. The molecule has 0 bridgehead atoms. The third kappa shape index (κ3) is 3.52. The third-order valence-electron chi connectivity index (χ3n) is 5.77. The second-order valence-corrected chi connectivity index (χ2v) is 7.86.